The molecule has 2 heteroatoms. The Morgan fingerprint density at radius 3 is 2.20 bits per heavy atom. The van der Waals surface area contributed by atoms with Crippen molar-refractivity contribution in [3.63, 3.8) is 0 Å². The van der Waals surface area contributed by atoms with Gasteiger partial charge in [-0.2, -0.15) is 0 Å². The third-order valence-corrected chi connectivity index (χ3v) is 4.10. The Balaban J connectivity index is 2.92. The molecule has 0 saturated heterocycles. The van der Waals surface area contributed by atoms with Gasteiger partial charge in [0.25, 0.3) is 0 Å². The van der Waals surface area contributed by atoms with Crippen molar-refractivity contribution in [2.24, 2.45) is 0 Å². The van der Waals surface area contributed by atoms with Crippen molar-refractivity contribution >= 4 is 0 Å². The van der Waals surface area contributed by atoms with Crippen molar-refractivity contribution in [3.05, 3.63) is 34.9 Å². The van der Waals surface area contributed by atoms with E-state index >= 15 is 0 Å². The first-order chi connectivity index (χ1) is 9.16. The van der Waals surface area contributed by atoms with Gasteiger partial charge in [0.15, 0.2) is 0 Å². The van der Waals surface area contributed by atoms with Gasteiger partial charge in [0.05, 0.1) is 12.2 Å². The molecule has 1 aromatic rings. The van der Waals surface area contributed by atoms with E-state index in [2.05, 4.69) is 52.8 Å². The molecule has 2 nitrogen and oxygen atoms in total. The molecule has 0 spiro atoms. The standard InChI is InChI=1S/C18H30O2/c1-7-16(19)17(20)10-13(3)14-9-8-12(2)15(11-14)18(4,5)6/h8-9,11,13,16-17,19-20H,7,10H2,1-6H3. The summed E-state index contributed by atoms with van der Waals surface area (Å²) in [6, 6.07) is 6.56. The largest absolute Gasteiger partial charge is 0.390 e. The van der Waals surface area contributed by atoms with E-state index < -0.39 is 12.2 Å². The molecule has 0 saturated carbocycles. The zero-order valence-electron chi connectivity index (χ0n) is 13.8. The molecule has 0 heterocycles. The first-order valence-electron chi connectivity index (χ1n) is 7.64. The minimum absolute atomic E-state index is 0.126. The third-order valence-electron chi connectivity index (χ3n) is 4.10. The lowest BCUT2D eigenvalue weighted by Gasteiger charge is -2.25. The van der Waals surface area contributed by atoms with Crippen LogP contribution in [0.3, 0.4) is 0 Å². The predicted molar refractivity (Wildman–Crippen MR) is 85.2 cm³/mol. The second-order valence-corrected chi connectivity index (χ2v) is 7.00. The van der Waals surface area contributed by atoms with Crippen molar-refractivity contribution in [1.29, 1.82) is 0 Å². The highest BCUT2D eigenvalue weighted by Gasteiger charge is 2.21. The minimum atomic E-state index is -0.644. The molecule has 1 rings (SSSR count). The van der Waals surface area contributed by atoms with Crippen LogP contribution in [0.4, 0.5) is 0 Å². The van der Waals surface area contributed by atoms with Gasteiger partial charge in [-0.05, 0) is 47.8 Å². The van der Waals surface area contributed by atoms with Gasteiger partial charge in [-0.15, -0.1) is 0 Å². The highest BCUT2D eigenvalue weighted by atomic mass is 16.3. The molecule has 0 amide bonds. The van der Waals surface area contributed by atoms with E-state index in [9.17, 15) is 10.2 Å². The number of aliphatic hydroxyl groups is 2. The van der Waals surface area contributed by atoms with Gasteiger partial charge in [-0.1, -0.05) is 52.8 Å². The highest BCUT2D eigenvalue weighted by molar-refractivity contribution is 5.37. The zero-order valence-corrected chi connectivity index (χ0v) is 13.8. The monoisotopic (exact) mass is 278 g/mol. The summed E-state index contributed by atoms with van der Waals surface area (Å²) in [6.45, 7) is 12.8. The smallest absolute Gasteiger partial charge is 0.0804 e. The number of hydrogen-bond donors (Lipinski definition) is 2. The summed E-state index contributed by atoms with van der Waals surface area (Å²) in [5, 5.41) is 19.7. The number of hydrogen-bond acceptors (Lipinski definition) is 2. The van der Waals surface area contributed by atoms with Crippen molar-refractivity contribution in [3.8, 4) is 0 Å². The average Bonchev–Trinajstić information content (AvgIpc) is 2.36. The Hall–Kier alpha value is -0.860. The molecule has 20 heavy (non-hydrogen) atoms. The van der Waals surface area contributed by atoms with E-state index in [1.807, 2.05) is 6.92 Å². The minimum Gasteiger partial charge on any atom is -0.390 e. The number of aryl methyl sites for hydroxylation is 1. The third kappa shape index (κ3) is 4.32. The molecule has 3 unspecified atom stereocenters. The van der Waals surface area contributed by atoms with E-state index in [4.69, 9.17) is 0 Å². The second kappa shape index (κ2) is 6.73. The Morgan fingerprint density at radius 1 is 1.10 bits per heavy atom. The maximum atomic E-state index is 9.98. The van der Waals surface area contributed by atoms with Crippen molar-refractivity contribution in [2.75, 3.05) is 0 Å². The Labute approximate surface area is 123 Å². The molecule has 0 fully saturated rings. The average molecular weight is 278 g/mol. The summed E-state index contributed by atoms with van der Waals surface area (Å²) < 4.78 is 0. The summed E-state index contributed by atoms with van der Waals surface area (Å²) >= 11 is 0. The van der Waals surface area contributed by atoms with Crippen LogP contribution >= 0.6 is 0 Å². The van der Waals surface area contributed by atoms with E-state index in [0.717, 1.165) is 0 Å². The summed E-state index contributed by atoms with van der Waals surface area (Å²) in [4.78, 5) is 0. The quantitative estimate of drug-likeness (QED) is 0.857. The summed E-state index contributed by atoms with van der Waals surface area (Å²) in [6.07, 6.45) is -0.0733. The van der Waals surface area contributed by atoms with E-state index in [0.29, 0.717) is 12.8 Å². The molecular weight excluding hydrogens is 248 g/mol. The van der Waals surface area contributed by atoms with Crippen molar-refractivity contribution in [2.45, 2.75) is 77.9 Å². The molecule has 1 aromatic carbocycles. The fourth-order valence-electron chi connectivity index (χ4n) is 2.68. The highest BCUT2D eigenvalue weighted by Crippen LogP contribution is 2.30. The maximum Gasteiger partial charge on any atom is 0.0804 e. The number of aliphatic hydroxyl groups excluding tert-OH is 2. The summed E-state index contributed by atoms with van der Waals surface area (Å²) in [5.41, 5.74) is 4.03. The van der Waals surface area contributed by atoms with Gasteiger partial charge in [0.2, 0.25) is 0 Å². The normalized spacial score (nSPS) is 16.8. The lowest BCUT2D eigenvalue weighted by atomic mass is 9.81. The van der Waals surface area contributed by atoms with Gasteiger partial charge >= 0.3 is 0 Å². The molecule has 114 valence electrons. The van der Waals surface area contributed by atoms with Gasteiger partial charge in [-0.3, -0.25) is 0 Å². The van der Waals surface area contributed by atoms with Crippen molar-refractivity contribution in [1.82, 2.24) is 0 Å². The lowest BCUT2D eigenvalue weighted by molar-refractivity contribution is 0.00953. The van der Waals surface area contributed by atoms with E-state index in [1.165, 1.54) is 16.7 Å². The Kier molecular flexibility index (Phi) is 5.79. The molecular formula is C18H30O2. The van der Waals surface area contributed by atoms with Crippen LogP contribution in [0.15, 0.2) is 18.2 Å². The van der Waals surface area contributed by atoms with Crippen LogP contribution in [-0.4, -0.2) is 22.4 Å². The fourth-order valence-corrected chi connectivity index (χ4v) is 2.68. The lowest BCUT2D eigenvalue weighted by Crippen LogP contribution is -2.26. The predicted octanol–water partition coefficient (Wildman–Crippen LogP) is 3.92. The molecule has 0 radical (unpaired) electrons. The number of rotatable bonds is 5. The molecule has 2 N–H and O–H groups in total. The fraction of sp³-hybridized carbons (Fsp3) is 0.667. The Bertz CT molecular complexity index is 432. The SMILES string of the molecule is CCC(O)C(O)CC(C)c1ccc(C)c(C(C)(C)C)c1. The van der Waals surface area contributed by atoms with Gasteiger partial charge in [0.1, 0.15) is 0 Å². The Morgan fingerprint density at radius 2 is 1.70 bits per heavy atom. The van der Waals surface area contributed by atoms with E-state index in [-0.39, 0.29) is 11.3 Å². The zero-order chi connectivity index (χ0) is 15.5. The van der Waals surface area contributed by atoms with Crippen LogP contribution in [-0.2, 0) is 5.41 Å². The molecule has 0 aliphatic heterocycles. The number of benzene rings is 1. The van der Waals surface area contributed by atoms with E-state index in [1.54, 1.807) is 0 Å². The van der Waals surface area contributed by atoms with Crippen LogP contribution in [0.5, 0.6) is 0 Å². The first kappa shape index (κ1) is 17.2. The molecule has 3 atom stereocenters. The summed E-state index contributed by atoms with van der Waals surface area (Å²) in [7, 11) is 0. The molecule has 0 aliphatic rings. The maximum absolute atomic E-state index is 9.98. The first-order valence-corrected chi connectivity index (χ1v) is 7.64. The topological polar surface area (TPSA) is 40.5 Å². The van der Waals surface area contributed by atoms with Crippen molar-refractivity contribution < 1.29 is 10.2 Å². The summed E-state index contributed by atoms with van der Waals surface area (Å²) in [5.74, 6) is 0.243. The molecule has 0 aromatic heterocycles. The van der Waals surface area contributed by atoms with Gasteiger partial charge in [-0.25, -0.2) is 0 Å². The second-order valence-electron chi connectivity index (χ2n) is 7.00. The molecule has 0 bridgehead atoms. The molecule has 0 aliphatic carbocycles. The van der Waals surface area contributed by atoms with Crippen LogP contribution in [0.1, 0.15) is 70.1 Å². The van der Waals surface area contributed by atoms with Crippen LogP contribution in [0, 0.1) is 6.92 Å². The van der Waals surface area contributed by atoms with Crippen LogP contribution < -0.4 is 0 Å². The van der Waals surface area contributed by atoms with Gasteiger partial charge < -0.3 is 10.2 Å². The van der Waals surface area contributed by atoms with Crippen LogP contribution in [0.2, 0.25) is 0 Å². The van der Waals surface area contributed by atoms with Crippen LogP contribution in [0.25, 0.3) is 0 Å². The van der Waals surface area contributed by atoms with Gasteiger partial charge in [0, 0.05) is 0 Å².